The van der Waals surface area contributed by atoms with Crippen molar-refractivity contribution < 1.29 is 23.4 Å². The van der Waals surface area contributed by atoms with Crippen molar-refractivity contribution in [3.8, 4) is 5.75 Å². The molecule has 24 heavy (non-hydrogen) atoms. The number of hydrogen-bond donors (Lipinski definition) is 3. The van der Waals surface area contributed by atoms with Crippen LogP contribution < -0.4 is 15.4 Å². The van der Waals surface area contributed by atoms with Gasteiger partial charge in [0, 0.05) is 12.6 Å². The van der Waals surface area contributed by atoms with Crippen LogP contribution in [0, 0.1) is 11.6 Å². The van der Waals surface area contributed by atoms with Gasteiger partial charge in [-0.1, -0.05) is 0 Å². The Bertz CT molecular complexity index is 554. The molecule has 0 aliphatic carbocycles. The zero-order valence-corrected chi connectivity index (χ0v) is 14.3. The summed E-state index contributed by atoms with van der Waals surface area (Å²) in [5.74, 6) is -2.01. The Morgan fingerprint density at radius 2 is 2.17 bits per heavy atom. The fourth-order valence-electron chi connectivity index (χ4n) is 2.47. The van der Waals surface area contributed by atoms with Crippen LogP contribution in [0.2, 0.25) is 0 Å². The van der Waals surface area contributed by atoms with E-state index >= 15 is 0 Å². The molecule has 1 aromatic rings. The lowest BCUT2D eigenvalue weighted by Crippen LogP contribution is -2.57. The fourth-order valence-corrected chi connectivity index (χ4v) is 2.47. The second-order valence-corrected chi connectivity index (χ2v) is 5.97. The van der Waals surface area contributed by atoms with E-state index < -0.39 is 23.3 Å². The van der Waals surface area contributed by atoms with Crippen LogP contribution in [0.15, 0.2) is 18.2 Å². The maximum Gasteiger partial charge on any atom is 0.240 e. The number of nitrogens with one attached hydrogen (secondary N) is 2. The summed E-state index contributed by atoms with van der Waals surface area (Å²) in [5, 5.41) is 15.7. The van der Waals surface area contributed by atoms with Gasteiger partial charge in [-0.05, 0) is 44.9 Å². The molecule has 1 saturated heterocycles. The van der Waals surface area contributed by atoms with Crippen LogP contribution in [0.3, 0.4) is 0 Å². The molecule has 3 N–H and O–H groups in total. The first-order chi connectivity index (χ1) is 10.9. The Balaban J connectivity index is 0.00000288. The van der Waals surface area contributed by atoms with Gasteiger partial charge >= 0.3 is 0 Å². The zero-order chi connectivity index (χ0) is 16.9. The van der Waals surface area contributed by atoms with E-state index in [-0.39, 0.29) is 37.2 Å². The molecule has 0 spiro atoms. The van der Waals surface area contributed by atoms with E-state index in [2.05, 4.69) is 10.6 Å². The number of aliphatic hydroxyl groups is 1. The lowest BCUT2D eigenvalue weighted by Gasteiger charge is -2.33. The van der Waals surface area contributed by atoms with E-state index in [1.54, 1.807) is 0 Å². The van der Waals surface area contributed by atoms with Crippen LogP contribution in [0.25, 0.3) is 0 Å². The van der Waals surface area contributed by atoms with Crippen LogP contribution in [0.1, 0.15) is 26.2 Å². The van der Waals surface area contributed by atoms with Crippen molar-refractivity contribution in [2.24, 2.45) is 0 Å². The molecule has 0 aromatic heterocycles. The predicted octanol–water partition coefficient (Wildman–Crippen LogP) is 1.77. The van der Waals surface area contributed by atoms with Crippen LogP contribution in [0.4, 0.5) is 8.78 Å². The summed E-state index contributed by atoms with van der Waals surface area (Å²) in [6, 6.07) is 3.14. The molecule has 0 radical (unpaired) electrons. The third-order valence-electron chi connectivity index (χ3n) is 3.95. The Hall–Kier alpha value is -1.44. The highest BCUT2D eigenvalue weighted by atomic mass is 35.5. The summed E-state index contributed by atoms with van der Waals surface area (Å²) in [6.45, 7) is 2.53. The Morgan fingerprint density at radius 1 is 1.42 bits per heavy atom. The Labute approximate surface area is 146 Å². The molecule has 136 valence electrons. The number of benzene rings is 1. The summed E-state index contributed by atoms with van der Waals surface area (Å²) in [6.07, 6.45) is 1.84. The van der Waals surface area contributed by atoms with Crippen molar-refractivity contribution in [1.82, 2.24) is 10.6 Å². The second kappa shape index (κ2) is 9.15. The van der Waals surface area contributed by atoms with Crippen molar-refractivity contribution in [2.45, 2.75) is 37.8 Å². The number of piperidine rings is 1. The minimum absolute atomic E-state index is 0. The van der Waals surface area contributed by atoms with Gasteiger partial charge in [-0.15, -0.1) is 12.4 Å². The Morgan fingerprint density at radius 3 is 2.79 bits per heavy atom. The van der Waals surface area contributed by atoms with E-state index in [4.69, 9.17) is 4.74 Å². The van der Waals surface area contributed by atoms with Gasteiger partial charge in [0.05, 0.1) is 5.54 Å². The molecule has 0 bridgehead atoms. The van der Waals surface area contributed by atoms with E-state index in [0.717, 1.165) is 37.9 Å². The maximum atomic E-state index is 13.0. The molecule has 1 amide bonds. The van der Waals surface area contributed by atoms with Gasteiger partial charge in [0.15, 0.2) is 11.6 Å². The number of hydrogen-bond acceptors (Lipinski definition) is 4. The molecular formula is C16H23ClF2N2O3. The minimum Gasteiger partial charge on any atom is -0.491 e. The number of halogens is 3. The highest BCUT2D eigenvalue weighted by Crippen LogP contribution is 2.19. The number of aliphatic hydroxyl groups excluding tert-OH is 1. The monoisotopic (exact) mass is 364 g/mol. The van der Waals surface area contributed by atoms with E-state index in [1.165, 1.54) is 6.07 Å². The zero-order valence-electron chi connectivity index (χ0n) is 13.5. The summed E-state index contributed by atoms with van der Waals surface area (Å²) < 4.78 is 31.0. The molecule has 1 aliphatic heterocycles. The average Bonchev–Trinajstić information content (AvgIpc) is 2.54. The first-order valence-electron chi connectivity index (χ1n) is 7.70. The molecule has 2 unspecified atom stereocenters. The molecule has 1 aliphatic rings. The highest BCUT2D eigenvalue weighted by molar-refractivity contribution is 5.86. The van der Waals surface area contributed by atoms with Crippen molar-refractivity contribution >= 4 is 18.3 Å². The van der Waals surface area contributed by atoms with Crippen LogP contribution in [-0.2, 0) is 4.79 Å². The number of ether oxygens (including phenoxy) is 1. The number of amides is 1. The van der Waals surface area contributed by atoms with Gasteiger partial charge in [-0.2, -0.15) is 0 Å². The van der Waals surface area contributed by atoms with Crippen molar-refractivity contribution in [2.75, 3.05) is 19.7 Å². The summed E-state index contributed by atoms with van der Waals surface area (Å²) in [7, 11) is 0. The SMILES string of the molecule is CC1(C(=O)NCC(O)COc2ccc(F)c(F)c2)CCCCN1.Cl. The lowest BCUT2D eigenvalue weighted by atomic mass is 9.90. The van der Waals surface area contributed by atoms with Gasteiger partial charge in [-0.3, -0.25) is 4.79 Å². The van der Waals surface area contributed by atoms with Crippen molar-refractivity contribution in [3.05, 3.63) is 29.8 Å². The van der Waals surface area contributed by atoms with Crippen molar-refractivity contribution in [3.63, 3.8) is 0 Å². The topological polar surface area (TPSA) is 70.6 Å². The van der Waals surface area contributed by atoms with Gasteiger partial charge in [0.25, 0.3) is 0 Å². The molecule has 2 atom stereocenters. The van der Waals surface area contributed by atoms with Crippen LogP contribution >= 0.6 is 12.4 Å². The maximum absolute atomic E-state index is 13.0. The normalized spacial score (nSPS) is 21.5. The van der Waals surface area contributed by atoms with Gasteiger partial charge in [-0.25, -0.2) is 8.78 Å². The lowest BCUT2D eigenvalue weighted by molar-refractivity contribution is -0.128. The first kappa shape index (κ1) is 20.6. The molecule has 1 heterocycles. The van der Waals surface area contributed by atoms with Crippen LogP contribution in [-0.4, -0.2) is 42.4 Å². The smallest absolute Gasteiger partial charge is 0.240 e. The molecule has 0 saturated carbocycles. The fraction of sp³-hybridized carbons (Fsp3) is 0.562. The van der Waals surface area contributed by atoms with E-state index in [1.807, 2.05) is 6.92 Å². The van der Waals surface area contributed by atoms with E-state index in [0.29, 0.717) is 0 Å². The highest BCUT2D eigenvalue weighted by Gasteiger charge is 2.34. The number of carbonyl (C=O) groups excluding carboxylic acids is 1. The Kier molecular flexibility index (Phi) is 7.86. The number of carbonyl (C=O) groups is 1. The van der Waals surface area contributed by atoms with Gasteiger partial charge < -0.3 is 20.5 Å². The largest absolute Gasteiger partial charge is 0.491 e. The molecule has 1 fully saturated rings. The molecule has 5 nitrogen and oxygen atoms in total. The molecule has 1 aromatic carbocycles. The standard InChI is InChI=1S/C16H22F2N2O3.ClH/c1-16(6-2-3-7-20-16)15(22)19-9-11(21)10-23-12-4-5-13(17)14(18)8-12;/h4-5,8,11,20-21H,2-3,6-7,9-10H2,1H3,(H,19,22);1H. The summed E-state index contributed by atoms with van der Waals surface area (Å²) in [5.41, 5.74) is -0.612. The average molecular weight is 365 g/mol. The quantitative estimate of drug-likeness (QED) is 0.719. The molecule has 8 heteroatoms. The predicted molar refractivity (Wildman–Crippen MR) is 88.4 cm³/mol. The van der Waals surface area contributed by atoms with Crippen LogP contribution in [0.5, 0.6) is 5.75 Å². The minimum atomic E-state index is -1.01. The summed E-state index contributed by atoms with van der Waals surface area (Å²) >= 11 is 0. The first-order valence-corrected chi connectivity index (χ1v) is 7.70. The second-order valence-electron chi connectivity index (χ2n) is 5.97. The number of rotatable bonds is 6. The van der Waals surface area contributed by atoms with Crippen molar-refractivity contribution in [1.29, 1.82) is 0 Å². The third kappa shape index (κ3) is 5.58. The van der Waals surface area contributed by atoms with Gasteiger partial charge in [0.2, 0.25) is 5.91 Å². The molecular weight excluding hydrogens is 342 g/mol. The van der Waals surface area contributed by atoms with E-state index in [9.17, 15) is 18.7 Å². The third-order valence-corrected chi connectivity index (χ3v) is 3.95. The molecule has 2 rings (SSSR count). The summed E-state index contributed by atoms with van der Waals surface area (Å²) in [4.78, 5) is 12.2. The van der Waals surface area contributed by atoms with Gasteiger partial charge in [0.1, 0.15) is 18.5 Å².